The molecule has 21 heavy (non-hydrogen) atoms. The highest BCUT2D eigenvalue weighted by molar-refractivity contribution is 7.99. The maximum absolute atomic E-state index is 12.7. The van der Waals surface area contributed by atoms with Crippen LogP contribution < -0.4 is 0 Å². The summed E-state index contributed by atoms with van der Waals surface area (Å²) in [6.07, 6.45) is -4.39. The molecule has 2 aromatic rings. The van der Waals surface area contributed by atoms with Crippen LogP contribution in [0.2, 0.25) is 10.0 Å². The SMILES string of the molecule is FC(F)(F)c1cccc(Sc2c(Cl)cc(N=S)cc2Cl)c1. The van der Waals surface area contributed by atoms with Gasteiger partial charge in [0.1, 0.15) is 0 Å². The van der Waals surface area contributed by atoms with Crippen molar-refractivity contribution in [2.75, 3.05) is 0 Å². The van der Waals surface area contributed by atoms with Crippen LogP contribution in [0.5, 0.6) is 0 Å². The van der Waals surface area contributed by atoms with E-state index in [4.69, 9.17) is 23.2 Å². The van der Waals surface area contributed by atoms with Crippen LogP contribution in [-0.4, -0.2) is 0 Å². The Labute approximate surface area is 138 Å². The number of nitrogens with zero attached hydrogens (tertiary/aromatic N) is 1. The molecule has 110 valence electrons. The third kappa shape index (κ3) is 4.10. The Morgan fingerprint density at radius 1 is 1.05 bits per heavy atom. The highest BCUT2D eigenvalue weighted by atomic mass is 35.5. The Hall–Kier alpha value is -0.820. The zero-order valence-corrected chi connectivity index (χ0v) is 13.3. The molecule has 0 heterocycles. The fourth-order valence-corrected chi connectivity index (χ4v) is 3.24. The number of halogens is 5. The van der Waals surface area contributed by atoms with Gasteiger partial charge in [0, 0.05) is 22.2 Å². The van der Waals surface area contributed by atoms with Gasteiger partial charge in [0.2, 0.25) is 0 Å². The lowest BCUT2D eigenvalue weighted by molar-refractivity contribution is -0.137. The average Bonchev–Trinajstić information content (AvgIpc) is 2.42. The van der Waals surface area contributed by atoms with Gasteiger partial charge in [0.25, 0.3) is 0 Å². The van der Waals surface area contributed by atoms with Crippen molar-refractivity contribution < 1.29 is 13.2 Å². The lowest BCUT2D eigenvalue weighted by Gasteiger charge is -2.10. The van der Waals surface area contributed by atoms with E-state index < -0.39 is 11.7 Å². The molecule has 2 rings (SSSR count). The van der Waals surface area contributed by atoms with Crippen LogP contribution >= 0.6 is 35.0 Å². The summed E-state index contributed by atoms with van der Waals surface area (Å²) >= 11 is 17.7. The van der Waals surface area contributed by atoms with Gasteiger partial charge in [-0.05, 0) is 30.3 Å². The second-order valence-corrected chi connectivity index (χ2v) is 6.04. The van der Waals surface area contributed by atoms with E-state index in [-0.39, 0.29) is 10.0 Å². The zero-order chi connectivity index (χ0) is 15.6. The maximum atomic E-state index is 12.7. The molecule has 0 saturated heterocycles. The Kier molecular flexibility index (Phi) is 5.14. The summed E-state index contributed by atoms with van der Waals surface area (Å²) < 4.78 is 41.6. The molecule has 2 aromatic carbocycles. The highest BCUT2D eigenvalue weighted by Gasteiger charge is 2.30. The molecule has 0 aliphatic carbocycles. The first-order chi connectivity index (χ1) is 9.81. The summed E-state index contributed by atoms with van der Waals surface area (Å²) in [6.45, 7) is 0. The van der Waals surface area contributed by atoms with Gasteiger partial charge in [-0.3, -0.25) is 0 Å². The second-order valence-electron chi connectivity index (χ2n) is 3.96. The van der Waals surface area contributed by atoms with E-state index in [1.165, 1.54) is 18.2 Å². The van der Waals surface area contributed by atoms with Crippen LogP contribution in [0.15, 0.2) is 50.6 Å². The van der Waals surface area contributed by atoms with Crippen molar-refractivity contribution in [1.29, 1.82) is 0 Å². The van der Waals surface area contributed by atoms with Gasteiger partial charge < -0.3 is 0 Å². The van der Waals surface area contributed by atoms with Crippen LogP contribution in [0.1, 0.15) is 5.56 Å². The topological polar surface area (TPSA) is 12.4 Å². The number of rotatable bonds is 3. The summed E-state index contributed by atoms with van der Waals surface area (Å²) in [7, 11) is 0. The minimum absolute atomic E-state index is 0.286. The first kappa shape index (κ1) is 16.5. The predicted molar refractivity (Wildman–Crippen MR) is 81.5 cm³/mol. The van der Waals surface area contributed by atoms with Crippen LogP contribution in [-0.2, 0) is 18.6 Å². The number of hydrogen-bond donors (Lipinski definition) is 0. The van der Waals surface area contributed by atoms with Gasteiger partial charge in [-0.25, -0.2) is 0 Å². The second kappa shape index (κ2) is 6.52. The van der Waals surface area contributed by atoms with Crippen molar-refractivity contribution in [3.8, 4) is 0 Å². The van der Waals surface area contributed by atoms with Gasteiger partial charge in [0.15, 0.2) is 0 Å². The molecule has 0 bridgehead atoms. The smallest absolute Gasteiger partial charge is 0.182 e. The van der Waals surface area contributed by atoms with E-state index in [0.29, 0.717) is 15.5 Å². The summed E-state index contributed by atoms with van der Waals surface area (Å²) in [5.41, 5.74) is -0.301. The maximum Gasteiger partial charge on any atom is 0.416 e. The molecular formula is C13H6Cl2F3NS2. The van der Waals surface area contributed by atoms with Crippen molar-refractivity contribution in [2.24, 2.45) is 4.36 Å². The fourth-order valence-electron chi connectivity index (χ4n) is 1.55. The molecule has 0 unspecified atom stereocenters. The molecule has 0 atom stereocenters. The van der Waals surface area contributed by atoms with Gasteiger partial charge in [-0.2, -0.15) is 17.5 Å². The van der Waals surface area contributed by atoms with Crippen molar-refractivity contribution in [3.63, 3.8) is 0 Å². The first-order valence-electron chi connectivity index (χ1n) is 5.49. The zero-order valence-electron chi connectivity index (χ0n) is 10.1. The quantitative estimate of drug-likeness (QED) is 0.611. The number of benzene rings is 2. The lowest BCUT2D eigenvalue weighted by atomic mass is 10.2. The molecule has 0 spiro atoms. The Morgan fingerprint density at radius 2 is 1.67 bits per heavy atom. The van der Waals surface area contributed by atoms with Crippen LogP contribution in [0.3, 0.4) is 0 Å². The summed E-state index contributed by atoms with van der Waals surface area (Å²) in [6, 6.07) is 7.96. The van der Waals surface area contributed by atoms with E-state index >= 15 is 0 Å². The molecule has 0 radical (unpaired) electrons. The van der Waals surface area contributed by atoms with E-state index in [9.17, 15) is 13.2 Å². The number of alkyl halides is 3. The number of hydrogen-bond acceptors (Lipinski definition) is 3. The monoisotopic (exact) mass is 367 g/mol. The van der Waals surface area contributed by atoms with Crippen molar-refractivity contribution >= 4 is 53.1 Å². The minimum atomic E-state index is -4.39. The Balaban J connectivity index is 2.37. The summed E-state index contributed by atoms with van der Waals surface area (Å²) in [5.74, 6) is 0. The molecule has 0 saturated carbocycles. The molecular weight excluding hydrogens is 362 g/mol. The molecule has 0 aliphatic heterocycles. The molecule has 1 nitrogen and oxygen atoms in total. The molecule has 0 aliphatic rings. The molecule has 0 fully saturated rings. The van der Waals surface area contributed by atoms with E-state index in [0.717, 1.165) is 23.9 Å². The van der Waals surface area contributed by atoms with Crippen molar-refractivity contribution in [3.05, 3.63) is 52.0 Å². The van der Waals surface area contributed by atoms with E-state index in [1.807, 2.05) is 0 Å². The molecule has 0 amide bonds. The van der Waals surface area contributed by atoms with Gasteiger partial charge in [-0.15, -0.1) is 0 Å². The normalized spacial score (nSPS) is 11.5. The van der Waals surface area contributed by atoms with Crippen molar-refractivity contribution in [1.82, 2.24) is 0 Å². The third-order valence-electron chi connectivity index (χ3n) is 2.47. The lowest BCUT2D eigenvalue weighted by Crippen LogP contribution is -2.04. The van der Waals surface area contributed by atoms with Gasteiger partial charge in [0.05, 0.1) is 21.3 Å². The minimum Gasteiger partial charge on any atom is -0.182 e. The summed E-state index contributed by atoms with van der Waals surface area (Å²) in [4.78, 5) is 0.844. The van der Waals surface area contributed by atoms with Gasteiger partial charge >= 0.3 is 6.18 Å². The average molecular weight is 368 g/mol. The third-order valence-corrected chi connectivity index (χ3v) is 4.63. The standard InChI is InChI=1S/C13H6Cl2F3NS2/c14-10-5-8(19-20)6-11(15)12(10)21-9-3-1-2-7(4-9)13(16,17)18/h1-6H. The Morgan fingerprint density at radius 3 is 2.19 bits per heavy atom. The summed E-state index contributed by atoms with van der Waals surface area (Å²) in [5, 5.41) is 0.571. The largest absolute Gasteiger partial charge is 0.416 e. The van der Waals surface area contributed by atoms with E-state index in [2.05, 4.69) is 16.8 Å². The molecule has 0 N–H and O–H groups in total. The van der Waals surface area contributed by atoms with E-state index in [1.54, 1.807) is 6.07 Å². The highest BCUT2D eigenvalue weighted by Crippen LogP contribution is 2.42. The van der Waals surface area contributed by atoms with Crippen LogP contribution in [0.25, 0.3) is 0 Å². The molecule has 0 aromatic heterocycles. The van der Waals surface area contributed by atoms with Crippen LogP contribution in [0, 0.1) is 0 Å². The fraction of sp³-hybridized carbons (Fsp3) is 0.0769. The molecule has 8 heteroatoms. The van der Waals surface area contributed by atoms with Gasteiger partial charge in [-0.1, -0.05) is 41.0 Å². The van der Waals surface area contributed by atoms with Crippen LogP contribution in [0.4, 0.5) is 18.9 Å². The first-order valence-corrected chi connectivity index (χ1v) is 7.42. The van der Waals surface area contributed by atoms with Crippen molar-refractivity contribution in [2.45, 2.75) is 16.0 Å². The predicted octanol–water partition coefficient (Wildman–Crippen LogP) is 6.53. The Bertz CT molecular complexity index is 666.